The second-order valence-electron chi connectivity index (χ2n) is 3.72. The molecule has 1 aromatic carbocycles. The maximum absolute atomic E-state index is 8.92. The van der Waals surface area contributed by atoms with E-state index in [0.29, 0.717) is 5.89 Å². The van der Waals surface area contributed by atoms with E-state index in [2.05, 4.69) is 11.1 Å². The fourth-order valence-electron chi connectivity index (χ4n) is 1.19. The first-order valence-corrected chi connectivity index (χ1v) is 4.41. The van der Waals surface area contributed by atoms with Gasteiger partial charge in [-0.2, -0.15) is 5.26 Å². The number of hydrogen-bond donors (Lipinski definition) is 0. The van der Waals surface area contributed by atoms with Gasteiger partial charge < -0.3 is 4.42 Å². The number of nitriles is 1. The van der Waals surface area contributed by atoms with E-state index in [1.54, 1.807) is 13.8 Å². The molecule has 0 aliphatic rings. The molecular weight excluding hydrogens is 176 g/mol. The lowest BCUT2D eigenvalue weighted by molar-refractivity contribution is 0.450. The molecule has 1 aromatic heterocycles. The zero-order valence-corrected chi connectivity index (χ0v) is 8.11. The maximum Gasteiger partial charge on any atom is 0.215 e. The summed E-state index contributed by atoms with van der Waals surface area (Å²) in [4.78, 5) is 4.27. The van der Waals surface area contributed by atoms with Crippen LogP contribution >= 0.6 is 0 Å². The van der Waals surface area contributed by atoms with Gasteiger partial charge in [0.2, 0.25) is 5.89 Å². The zero-order valence-electron chi connectivity index (χ0n) is 8.11. The first-order chi connectivity index (χ1) is 6.63. The second kappa shape index (κ2) is 2.85. The van der Waals surface area contributed by atoms with Crippen molar-refractivity contribution in [3.63, 3.8) is 0 Å². The van der Waals surface area contributed by atoms with E-state index in [1.807, 2.05) is 24.3 Å². The number of nitrogens with zero attached hydrogens (tertiary/aromatic N) is 2. The smallest absolute Gasteiger partial charge is 0.215 e. The summed E-state index contributed by atoms with van der Waals surface area (Å²) in [6.07, 6.45) is 0. The van der Waals surface area contributed by atoms with Crippen LogP contribution in [0.25, 0.3) is 11.1 Å². The van der Waals surface area contributed by atoms with Crippen LogP contribution in [0.4, 0.5) is 0 Å². The van der Waals surface area contributed by atoms with Crippen molar-refractivity contribution in [2.75, 3.05) is 0 Å². The Morgan fingerprint density at radius 2 is 2.07 bits per heavy atom. The first-order valence-electron chi connectivity index (χ1n) is 4.41. The number of fused-ring (bicyclic) bond motifs is 1. The highest BCUT2D eigenvalue weighted by molar-refractivity contribution is 5.72. The summed E-state index contributed by atoms with van der Waals surface area (Å²) >= 11 is 0. The fraction of sp³-hybridized carbons (Fsp3) is 0.273. The molecule has 2 rings (SSSR count). The summed E-state index contributed by atoms with van der Waals surface area (Å²) in [5.41, 5.74) is 0.857. The van der Waals surface area contributed by atoms with E-state index in [-0.39, 0.29) is 0 Å². The molecule has 0 amide bonds. The van der Waals surface area contributed by atoms with Crippen LogP contribution in [0.2, 0.25) is 0 Å². The van der Waals surface area contributed by atoms with E-state index in [9.17, 15) is 0 Å². The van der Waals surface area contributed by atoms with Crippen molar-refractivity contribution in [3.8, 4) is 6.07 Å². The predicted molar refractivity (Wildman–Crippen MR) is 52.6 cm³/mol. The molecule has 2 aromatic rings. The quantitative estimate of drug-likeness (QED) is 0.687. The lowest BCUT2D eigenvalue weighted by Gasteiger charge is -2.07. The minimum absolute atomic E-state index is 0.473. The highest BCUT2D eigenvalue weighted by Crippen LogP contribution is 2.25. The van der Waals surface area contributed by atoms with Gasteiger partial charge in [-0.25, -0.2) is 4.98 Å². The Kier molecular flexibility index (Phi) is 1.78. The van der Waals surface area contributed by atoms with E-state index in [1.165, 1.54) is 0 Å². The number of para-hydroxylation sites is 2. The summed E-state index contributed by atoms with van der Waals surface area (Å²) in [6, 6.07) is 9.66. The van der Waals surface area contributed by atoms with Gasteiger partial charge in [0.25, 0.3) is 0 Å². The third kappa shape index (κ3) is 1.25. The molecule has 0 saturated carbocycles. The molecule has 0 spiro atoms. The van der Waals surface area contributed by atoms with Gasteiger partial charge in [-0.1, -0.05) is 12.1 Å². The van der Waals surface area contributed by atoms with Crippen LogP contribution in [0.3, 0.4) is 0 Å². The molecule has 3 nitrogen and oxygen atoms in total. The Labute approximate surface area is 82.0 Å². The van der Waals surface area contributed by atoms with E-state index in [0.717, 1.165) is 11.1 Å². The molecule has 0 bridgehead atoms. The van der Waals surface area contributed by atoms with Gasteiger partial charge in [0.1, 0.15) is 10.9 Å². The fourth-order valence-corrected chi connectivity index (χ4v) is 1.19. The van der Waals surface area contributed by atoms with Gasteiger partial charge in [0, 0.05) is 0 Å². The molecule has 0 unspecified atom stereocenters. The summed E-state index contributed by atoms with van der Waals surface area (Å²) in [6.45, 7) is 3.58. The molecule has 3 heteroatoms. The van der Waals surface area contributed by atoms with Gasteiger partial charge in [-0.3, -0.25) is 0 Å². The summed E-state index contributed by atoms with van der Waals surface area (Å²) in [5, 5.41) is 8.92. The van der Waals surface area contributed by atoms with Crippen LogP contribution in [0.5, 0.6) is 0 Å². The molecule has 70 valence electrons. The molecule has 1 heterocycles. The van der Waals surface area contributed by atoms with Crippen molar-refractivity contribution in [1.29, 1.82) is 5.26 Å². The van der Waals surface area contributed by atoms with Gasteiger partial charge in [0.15, 0.2) is 5.58 Å². The molecule has 0 saturated heterocycles. The Bertz CT molecular complexity index is 472. The first kappa shape index (κ1) is 8.76. The Morgan fingerprint density at radius 1 is 1.36 bits per heavy atom. The minimum Gasteiger partial charge on any atom is -0.439 e. The molecule has 14 heavy (non-hydrogen) atoms. The van der Waals surface area contributed by atoms with E-state index in [4.69, 9.17) is 9.68 Å². The molecule has 0 radical (unpaired) electrons. The van der Waals surface area contributed by atoms with Crippen molar-refractivity contribution in [3.05, 3.63) is 30.2 Å². The van der Waals surface area contributed by atoms with Crippen molar-refractivity contribution in [1.82, 2.24) is 4.98 Å². The third-order valence-electron chi connectivity index (χ3n) is 2.11. The largest absolute Gasteiger partial charge is 0.439 e. The number of aromatic nitrogens is 1. The van der Waals surface area contributed by atoms with Crippen LogP contribution in [0.15, 0.2) is 28.7 Å². The Balaban J connectivity index is 2.62. The lowest BCUT2D eigenvalue weighted by atomic mass is 9.96. The van der Waals surface area contributed by atoms with Crippen molar-refractivity contribution >= 4 is 11.1 Å². The van der Waals surface area contributed by atoms with Crippen LogP contribution < -0.4 is 0 Å². The van der Waals surface area contributed by atoms with Gasteiger partial charge in [-0.05, 0) is 26.0 Å². The van der Waals surface area contributed by atoms with Crippen molar-refractivity contribution < 1.29 is 4.42 Å². The Hall–Kier alpha value is -1.82. The number of hydrogen-bond acceptors (Lipinski definition) is 3. The van der Waals surface area contributed by atoms with Gasteiger partial charge >= 0.3 is 0 Å². The van der Waals surface area contributed by atoms with Crippen LogP contribution in [0.1, 0.15) is 19.7 Å². The minimum atomic E-state index is -0.668. The van der Waals surface area contributed by atoms with E-state index >= 15 is 0 Å². The highest BCUT2D eigenvalue weighted by Gasteiger charge is 2.26. The standard InChI is InChI=1S/C11H10N2O/c1-11(2,7-12)10-13-8-5-3-4-6-9(8)14-10/h3-6H,1-2H3. The summed E-state index contributed by atoms with van der Waals surface area (Å²) in [5.74, 6) is 0.473. The average molecular weight is 186 g/mol. The monoisotopic (exact) mass is 186 g/mol. The highest BCUT2D eigenvalue weighted by atomic mass is 16.3. The van der Waals surface area contributed by atoms with E-state index < -0.39 is 5.41 Å². The SMILES string of the molecule is CC(C)(C#N)c1nc2ccccc2o1. The van der Waals surface area contributed by atoms with Gasteiger partial charge in [0.05, 0.1) is 6.07 Å². The second-order valence-corrected chi connectivity index (χ2v) is 3.72. The molecular formula is C11H10N2O. The van der Waals surface area contributed by atoms with Crippen LogP contribution in [-0.2, 0) is 5.41 Å². The molecule has 0 N–H and O–H groups in total. The Morgan fingerprint density at radius 3 is 2.71 bits per heavy atom. The van der Waals surface area contributed by atoms with Crippen molar-refractivity contribution in [2.45, 2.75) is 19.3 Å². The third-order valence-corrected chi connectivity index (χ3v) is 2.11. The van der Waals surface area contributed by atoms with Crippen molar-refractivity contribution in [2.24, 2.45) is 0 Å². The predicted octanol–water partition coefficient (Wildman–Crippen LogP) is 2.63. The summed E-state index contributed by atoms with van der Waals surface area (Å²) in [7, 11) is 0. The normalized spacial score (nSPS) is 11.5. The molecule has 0 aliphatic carbocycles. The van der Waals surface area contributed by atoms with Crippen LogP contribution in [-0.4, -0.2) is 4.98 Å². The van der Waals surface area contributed by atoms with Crippen LogP contribution in [0, 0.1) is 11.3 Å². The molecule has 0 atom stereocenters. The lowest BCUT2D eigenvalue weighted by Crippen LogP contribution is -2.13. The summed E-state index contributed by atoms with van der Waals surface area (Å²) < 4.78 is 5.49. The topological polar surface area (TPSA) is 49.8 Å². The number of oxazole rings is 1. The molecule has 0 aliphatic heterocycles. The maximum atomic E-state index is 8.92. The average Bonchev–Trinajstić information content (AvgIpc) is 2.61. The molecule has 0 fully saturated rings. The van der Waals surface area contributed by atoms with Gasteiger partial charge in [-0.15, -0.1) is 0 Å². The number of benzene rings is 1. The number of rotatable bonds is 1. The zero-order chi connectivity index (χ0) is 10.2.